The Hall–Kier alpha value is -2.65. The van der Waals surface area contributed by atoms with Crippen LogP contribution in [-0.2, 0) is 18.9 Å². The van der Waals surface area contributed by atoms with Crippen LogP contribution in [0.3, 0.4) is 0 Å². The van der Waals surface area contributed by atoms with Crippen molar-refractivity contribution in [1.82, 2.24) is 0 Å². The second-order valence-corrected chi connectivity index (χ2v) is 9.12. The molecule has 4 atom stereocenters. The summed E-state index contributed by atoms with van der Waals surface area (Å²) in [5.74, 6) is -0.123. The van der Waals surface area contributed by atoms with Crippen molar-refractivity contribution >= 4 is 23.0 Å². The summed E-state index contributed by atoms with van der Waals surface area (Å²) in [4.78, 5) is 18.1. The highest BCUT2D eigenvalue weighted by atomic mass is 16.6. The first kappa shape index (κ1) is 20.9. The van der Waals surface area contributed by atoms with Crippen LogP contribution in [0.25, 0.3) is 0 Å². The van der Waals surface area contributed by atoms with Gasteiger partial charge in [-0.05, 0) is 24.3 Å². The first-order chi connectivity index (χ1) is 16.2. The Balaban J connectivity index is 1.37. The van der Waals surface area contributed by atoms with Crippen LogP contribution >= 0.6 is 0 Å². The number of carbonyl (C=O) groups is 1. The lowest BCUT2D eigenvalue weighted by atomic mass is 10.1. The smallest absolute Gasteiger partial charge is 0.257 e. The molecule has 4 unspecified atom stereocenters. The summed E-state index contributed by atoms with van der Waals surface area (Å²) in [6.45, 7) is 6.10. The van der Waals surface area contributed by atoms with Crippen LogP contribution in [-0.4, -0.2) is 82.9 Å². The molecule has 174 valence electrons. The molecule has 8 nitrogen and oxygen atoms in total. The number of benzene rings is 2. The maximum atomic E-state index is 13.5. The van der Waals surface area contributed by atoms with E-state index in [9.17, 15) is 4.79 Å². The Labute approximate surface area is 193 Å². The van der Waals surface area contributed by atoms with E-state index in [2.05, 4.69) is 21.2 Å². The fourth-order valence-corrected chi connectivity index (χ4v) is 4.23. The van der Waals surface area contributed by atoms with E-state index in [1.165, 1.54) is 0 Å². The molecule has 4 aliphatic heterocycles. The van der Waals surface area contributed by atoms with E-state index in [1.807, 2.05) is 42.5 Å². The minimum atomic E-state index is -0.123. The molecule has 4 fully saturated rings. The van der Waals surface area contributed by atoms with Gasteiger partial charge in [0.25, 0.3) is 5.91 Å². The van der Waals surface area contributed by atoms with Crippen molar-refractivity contribution in [1.29, 1.82) is 0 Å². The molecule has 0 bridgehead atoms. The maximum Gasteiger partial charge on any atom is 0.257 e. The third-order valence-electron chi connectivity index (χ3n) is 6.25. The van der Waals surface area contributed by atoms with Gasteiger partial charge in [0.1, 0.15) is 0 Å². The van der Waals surface area contributed by atoms with Crippen molar-refractivity contribution in [2.24, 2.45) is 0 Å². The quantitative estimate of drug-likeness (QED) is 0.495. The highest BCUT2D eigenvalue weighted by molar-refractivity contribution is 6.10. The summed E-state index contributed by atoms with van der Waals surface area (Å²) in [5, 5.41) is 3.07. The zero-order valence-electron chi connectivity index (χ0n) is 18.5. The molecule has 0 saturated carbocycles. The Morgan fingerprint density at radius 1 is 0.727 bits per heavy atom. The van der Waals surface area contributed by atoms with Crippen molar-refractivity contribution in [3.63, 3.8) is 0 Å². The molecular formula is C25H29N3O5. The number of anilines is 3. The van der Waals surface area contributed by atoms with Crippen LogP contribution in [0, 0.1) is 0 Å². The molecular weight excluding hydrogens is 422 g/mol. The largest absolute Gasteiger partial charge is 0.371 e. The number of ether oxygens (including phenoxy) is 4. The Bertz CT molecular complexity index is 959. The van der Waals surface area contributed by atoms with E-state index in [4.69, 9.17) is 18.9 Å². The average molecular weight is 452 g/mol. The number of hydrogen-bond donors (Lipinski definition) is 1. The summed E-state index contributed by atoms with van der Waals surface area (Å²) >= 11 is 0. The third-order valence-corrected chi connectivity index (χ3v) is 6.25. The molecule has 2 aromatic rings. The highest BCUT2D eigenvalue weighted by Crippen LogP contribution is 2.37. The van der Waals surface area contributed by atoms with Gasteiger partial charge in [-0.15, -0.1) is 0 Å². The van der Waals surface area contributed by atoms with E-state index in [0.717, 1.165) is 69.7 Å². The number of carbonyl (C=O) groups excluding carboxylic acids is 1. The van der Waals surface area contributed by atoms with E-state index < -0.39 is 0 Å². The Morgan fingerprint density at radius 3 is 1.76 bits per heavy atom. The molecule has 1 N–H and O–H groups in total. The monoisotopic (exact) mass is 451 g/mol. The first-order valence-electron chi connectivity index (χ1n) is 11.7. The van der Waals surface area contributed by atoms with E-state index in [1.54, 1.807) is 0 Å². The molecule has 4 aliphatic rings. The average Bonchev–Trinajstić information content (AvgIpc) is 3.64. The molecule has 0 spiro atoms. The molecule has 6 rings (SSSR count). The van der Waals surface area contributed by atoms with Gasteiger partial charge in [-0.25, -0.2) is 0 Å². The zero-order valence-corrected chi connectivity index (χ0v) is 18.5. The molecule has 0 aromatic heterocycles. The van der Waals surface area contributed by atoms with Gasteiger partial charge in [0, 0.05) is 31.9 Å². The van der Waals surface area contributed by atoms with Gasteiger partial charge in [-0.1, -0.05) is 24.3 Å². The van der Waals surface area contributed by atoms with Crippen molar-refractivity contribution < 1.29 is 23.7 Å². The third kappa shape index (κ3) is 5.47. The molecule has 8 heteroatoms. The molecule has 4 saturated heterocycles. The summed E-state index contributed by atoms with van der Waals surface area (Å²) in [6, 6.07) is 15.5. The predicted octanol–water partition coefficient (Wildman–Crippen LogP) is 2.15. The van der Waals surface area contributed by atoms with Crippen LogP contribution in [0.2, 0.25) is 0 Å². The van der Waals surface area contributed by atoms with Gasteiger partial charge >= 0.3 is 0 Å². The lowest BCUT2D eigenvalue weighted by Gasteiger charge is -2.33. The Kier molecular flexibility index (Phi) is 5.67. The SMILES string of the molecule is O=C(Nc1ccccc1)c1cccc(N(CC2CO2)CC2CO2)c1N(CC1CO1)CC1CO1. The van der Waals surface area contributed by atoms with E-state index in [-0.39, 0.29) is 30.3 Å². The summed E-state index contributed by atoms with van der Waals surface area (Å²) in [6.07, 6.45) is 0.832. The predicted molar refractivity (Wildman–Crippen MR) is 124 cm³/mol. The highest BCUT2D eigenvalue weighted by Gasteiger charge is 2.37. The van der Waals surface area contributed by atoms with Gasteiger partial charge in [-0.2, -0.15) is 0 Å². The molecule has 0 aliphatic carbocycles. The standard InChI is InChI=1S/C25H29N3O5/c29-25(26-17-5-2-1-3-6-17)22-7-4-8-23(27(9-18-13-30-18)10-19-14-31-19)24(22)28(11-20-15-32-20)12-21-16-33-21/h1-8,18-21H,9-16H2,(H,26,29). The van der Waals surface area contributed by atoms with Crippen LogP contribution in [0.4, 0.5) is 17.1 Å². The van der Waals surface area contributed by atoms with Gasteiger partial charge in [0.2, 0.25) is 0 Å². The van der Waals surface area contributed by atoms with Crippen molar-refractivity contribution in [2.75, 3.05) is 67.7 Å². The zero-order chi connectivity index (χ0) is 22.2. The molecule has 4 heterocycles. The molecule has 1 amide bonds. The molecule has 2 aromatic carbocycles. The maximum absolute atomic E-state index is 13.5. The molecule has 33 heavy (non-hydrogen) atoms. The van der Waals surface area contributed by atoms with E-state index in [0.29, 0.717) is 5.56 Å². The minimum Gasteiger partial charge on any atom is -0.371 e. The van der Waals surface area contributed by atoms with Crippen molar-refractivity contribution in [2.45, 2.75) is 24.4 Å². The number of hydrogen-bond acceptors (Lipinski definition) is 7. The van der Waals surface area contributed by atoms with Gasteiger partial charge in [-0.3, -0.25) is 4.79 Å². The van der Waals surface area contributed by atoms with Crippen LogP contribution in [0.15, 0.2) is 48.5 Å². The number of nitrogens with one attached hydrogen (secondary N) is 1. The number of epoxide rings is 4. The van der Waals surface area contributed by atoms with Gasteiger partial charge in [0.15, 0.2) is 0 Å². The summed E-state index contributed by atoms with van der Waals surface area (Å²) in [5.41, 5.74) is 3.38. The Morgan fingerprint density at radius 2 is 1.24 bits per heavy atom. The van der Waals surface area contributed by atoms with Crippen molar-refractivity contribution in [3.8, 4) is 0 Å². The van der Waals surface area contributed by atoms with Crippen LogP contribution in [0.1, 0.15) is 10.4 Å². The number of amides is 1. The van der Waals surface area contributed by atoms with Gasteiger partial charge in [0.05, 0.1) is 67.8 Å². The van der Waals surface area contributed by atoms with Crippen molar-refractivity contribution in [3.05, 3.63) is 54.1 Å². The summed E-state index contributed by atoms with van der Waals surface area (Å²) in [7, 11) is 0. The lowest BCUT2D eigenvalue weighted by Crippen LogP contribution is -2.38. The fraction of sp³-hybridized carbons (Fsp3) is 0.480. The minimum absolute atomic E-state index is 0.123. The van der Waals surface area contributed by atoms with Crippen LogP contribution < -0.4 is 15.1 Å². The van der Waals surface area contributed by atoms with Crippen LogP contribution in [0.5, 0.6) is 0 Å². The first-order valence-corrected chi connectivity index (χ1v) is 11.7. The van der Waals surface area contributed by atoms with Gasteiger partial charge < -0.3 is 34.1 Å². The number of nitrogens with zero attached hydrogens (tertiary/aromatic N) is 2. The molecule has 0 radical (unpaired) electrons. The second-order valence-electron chi connectivity index (χ2n) is 9.12. The number of para-hydroxylation sites is 2. The number of rotatable bonds is 12. The topological polar surface area (TPSA) is 85.7 Å². The second kappa shape index (κ2) is 8.95. The fourth-order valence-electron chi connectivity index (χ4n) is 4.23. The normalized spacial score (nSPS) is 26.4. The van der Waals surface area contributed by atoms with E-state index >= 15 is 0 Å². The summed E-state index contributed by atoms with van der Waals surface area (Å²) < 4.78 is 22.2. The lowest BCUT2D eigenvalue weighted by molar-refractivity contribution is 0.102.